The van der Waals surface area contributed by atoms with E-state index in [1.54, 1.807) is 0 Å². The number of allylic oxidation sites excluding steroid dienone is 1. The zero-order valence-corrected chi connectivity index (χ0v) is 33.0. The fraction of sp³-hybridized carbons (Fsp3) is 0.133. The number of oxime groups is 1. The van der Waals surface area contributed by atoms with Gasteiger partial charge in [-0.2, -0.15) is 0 Å². The molecule has 290 valence electrons. The highest BCUT2D eigenvalue weighted by molar-refractivity contribution is 7.19. The quantitative estimate of drug-likeness (QED) is 0.0416. The van der Waals surface area contributed by atoms with Crippen molar-refractivity contribution < 1.29 is 24.0 Å². The fourth-order valence-corrected chi connectivity index (χ4v) is 8.62. The summed E-state index contributed by atoms with van der Waals surface area (Å²) in [5, 5.41) is 7.66. The molecule has 2 aliphatic heterocycles. The second-order valence-electron chi connectivity index (χ2n) is 13.6. The zero-order valence-electron chi connectivity index (χ0n) is 30.7. The molecule has 0 bridgehead atoms. The van der Waals surface area contributed by atoms with E-state index < -0.39 is 41.6 Å². The molecule has 6 aromatic rings. The predicted molar refractivity (Wildman–Crippen MR) is 224 cm³/mol. The molecule has 1 aromatic heterocycles. The van der Waals surface area contributed by atoms with E-state index in [0.717, 1.165) is 39.2 Å². The number of nitrogen functional groups attached to an aromatic ring is 1. The highest BCUT2D eigenvalue weighted by Crippen LogP contribution is 2.42. The van der Waals surface area contributed by atoms with Gasteiger partial charge < -0.3 is 20.6 Å². The van der Waals surface area contributed by atoms with Crippen LogP contribution in [0, 0.1) is 0 Å². The largest absolute Gasteiger partial charge is 0.448 e. The van der Waals surface area contributed by atoms with Gasteiger partial charge in [-0.1, -0.05) is 191 Å². The Morgan fingerprint density at radius 2 is 1.28 bits per heavy atom. The first-order chi connectivity index (χ1) is 28.3. The van der Waals surface area contributed by atoms with Crippen LogP contribution in [0.4, 0.5) is 5.13 Å². The maximum atomic E-state index is 14.4. The second-order valence-corrected chi connectivity index (χ2v) is 15.7. The van der Waals surface area contributed by atoms with Gasteiger partial charge in [-0.05, 0) is 24.0 Å². The van der Waals surface area contributed by atoms with Crippen molar-refractivity contribution in [3.8, 4) is 0 Å². The first kappa shape index (κ1) is 38.6. The molecule has 3 heterocycles. The molecule has 10 nitrogen and oxygen atoms in total. The minimum Gasteiger partial charge on any atom is -0.448 e. The number of aromatic nitrogens is 1. The minimum absolute atomic E-state index is 0.0166. The normalized spacial score (nSPS) is 16.7. The third-order valence-electron chi connectivity index (χ3n) is 10.1. The average molecular weight is 829 g/mol. The van der Waals surface area contributed by atoms with E-state index in [9.17, 15) is 14.4 Å². The summed E-state index contributed by atoms with van der Waals surface area (Å²) in [6.45, 7) is 0. The molecule has 0 saturated carbocycles. The molecule has 2 atom stereocenters. The topological polar surface area (TPSA) is 136 Å². The van der Waals surface area contributed by atoms with Gasteiger partial charge in [-0.25, -0.2) is 9.78 Å². The number of amides is 2. The molecule has 2 aliphatic rings. The number of benzene rings is 5. The first-order valence-electron chi connectivity index (χ1n) is 18.4. The van der Waals surface area contributed by atoms with E-state index in [0.29, 0.717) is 6.42 Å². The summed E-state index contributed by atoms with van der Waals surface area (Å²) >= 11 is 14.3. The van der Waals surface area contributed by atoms with Gasteiger partial charge in [-0.15, -0.1) is 0 Å². The number of β-lactam (4-membered cyclic amide) rings is 1. The third-order valence-corrected chi connectivity index (χ3v) is 11.6. The molecule has 2 amide bonds. The van der Waals surface area contributed by atoms with Crippen LogP contribution in [0.25, 0.3) is 0 Å². The standard InChI is InChI=1S/C45H35Cl2N5O5S/c46-33-26-27-34-35(42(54)52(34)38(33)43(55)56-39(28-16-6-1-7-17-28)29-18-8-2-9-19-29)49-41(53)37(36-40(47)58-44(48)50-36)51-57-45(30-20-10-3-11-21-30,31-22-12-4-13-23-31)32-24-14-5-15-25-32/h1-25,34-35,39H,26-27H2,(H2,48,50)(H,49,53)/b51-37-. The average Bonchev–Trinajstić information content (AvgIpc) is 3.61. The summed E-state index contributed by atoms with van der Waals surface area (Å²) in [5.74, 6) is -2.09. The van der Waals surface area contributed by atoms with E-state index in [1.807, 2.05) is 152 Å². The van der Waals surface area contributed by atoms with Crippen LogP contribution in [0.3, 0.4) is 0 Å². The molecule has 5 aromatic carbocycles. The van der Waals surface area contributed by atoms with Gasteiger partial charge in [0.2, 0.25) is 5.60 Å². The Morgan fingerprint density at radius 1 is 0.793 bits per heavy atom. The Hall–Kier alpha value is -6.27. The Morgan fingerprint density at radius 3 is 1.74 bits per heavy atom. The number of carbonyl (C=O) groups is 3. The maximum Gasteiger partial charge on any atom is 0.357 e. The number of thiazole rings is 1. The van der Waals surface area contributed by atoms with Gasteiger partial charge >= 0.3 is 5.97 Å². The van der Waals surface area contributed by atoms with Gasteiger partial charge in [0.25, 0.3) is 11.8 Å². The van der Waals surface area contributed by atoms with E-state index in [4.69, 9.17) is 38.5 Å². The highest BCUT2D eigenvalue weighted by Gasteiger charge is 2.54. The number of fused-ring (bicyclic) bond motifs is 1. The van der Waals surface area contributed by atoms with Crippen molar-refractivity contribution in [1.29, 1.82) is 0 Å². The number of hydrogen-bond acceptors (Lipinski definition) is 9. The third kappa shape index (κ3) is 7.35. The van der Waals surface area contributed by atoms with Crippen molar-refractivity contribution in [2.45, 2.75) is 36.6 Å². The predicted octanol–water partition coefficient (Wildman–Crippen LogP) is 8.36. The molecule has 0 aliphatic carbocycles. The lowest BCUT2D eigenvalue weighted by molar-refractivity contribution is -0.158. The van der Waals surface area contributed by atoms with Crippen LogP contribution in [0.5, 0.6) is 0 Å². The number of esters is 1. The smallest absolute Gasteiger partial charge is 0.357 e. The minimum atomic E-state index is -1.34. The van der Waals surface area contributed by atoms with Crippen molar-refractivity contribution in [3.05, 3.63) is 200 Å². The summed E-state index contributed by atoms with van der Waals surface area (Å²) in [5.41, 5.74) is 8.04. The SMILES string of the molecule is Nc1nc(/C(=N/OC(c2ccccc2)(c2ccccc2)c2ccccc2)C(=O)NC2C(=O)N3C(C(=O)OC(c4ccccc4)c4ccccc4)=C(Cl)CCC23)c(Cl)s1. The number of rotatable bonds is 12. The zero-order chi connectivity index (χ0) is 40.2. The molecule has 3 N–H and O–H groups in total. The number of nitrogens with one attached hydrogen (secondary N) is 1. The molecule has 8 rings (SSSR count). The van der Waals surface area contributed by atoms with Crippen molar-refractivity contribution >= 4 is 63.2 Å². The van der Waals surface area contributed by atoms with Crippen molar-refractivity contribution in [1.82, 2.24) is 15.2 Å². The van der Waals surface area contributed by atoms with Gasteiger partial charge in [-0.3, -0.25) is 14.5 Å². The van der Waals surface area contributed by atoms with Crippen molar-refractivity contribution in [2.75, 3.05) is 5.73 Å². The molecule has 58 heavy (non-hydrogen) atoms. The number of nitrogens with zero attached hydrogens (tertiary/aromatic N) is 3. The summed E-state index contributed by atoms with van der Waals surface area (Å²) in [6, 6.07) is 45.5. The number of halogens is 2. The van der Waals surface area contributed by atoms with Crippen LogP contribution in [-0.4, -0.2) is 45.5 Å². The number of nitrogens with two attached hydrogens (primary N) is 1. The summed E-state index contributed by atoms with van der Waals surface area (Å²) in [4.78, 5) is 54.7. The Balaban J connectivity index is 1.11. The molecule has 13 heteroatoms. The number of anilines is 1. The maximum absolute atomic E-state index is 14.4. The fourth-order valence-electron chi connectivity index (χ4n) is 7.41. The molecule has 2 unspecified atom stereocenters. The van der Waals surface area contributed by atoms with Crippen LogP contribution < -0.4 is 11.1 Å². The first-order valence-corrected chi connectivity index (χ1v) is 20.0. The van der Waals surface area contributed by atoms with Crippen LogP contribution in [0.2, 0.25) is 4.34 Å². The van der Waals surface area contributed by atoms with E-state index in [1.165, 1.54) is 4.90 Å². The number of hydrogen-bond donors (Lipinski definition) is 2. The van der Waals surface area contributed by atoms with Crippen LogP contribution in [0.15, 0.2) is 168 Å². The van der Waals surface area contributed by atoms with Gasteiger partial charge in [0.1, 0.15) is 21.8 Å². The van der Waals surface area contributed by atoms with Crippen LogP contribution >= 0.6 is 34.5 Å². The highest BCUT2D eigenvalue weighted by atomic mass is 35.5. The van der Waals surface area contributed by atoms with Crippen LogP contribution in [-0.2, 0) is 29.6 Å². The Bertz CT molecular complexity index is 2370. The monoisotopic (exact) mass is 827 g/mol. The summed E-state index contributed by atoms with van der Waals surface area (Å²) in [7, 11) is 0. The second kappa shape index (κ2) is 16.7. The molecule has 1 saturated heterocycles. The number of carbonyl (C=O) groups excluding carboxylic acids is 3. The van der Waals surface area contributed by atoms with E-state index >= 15 is 0 Å². The van der Waals surface area contributed by atoms with Gasteiger partial charge in [0.15, 0.2) is 16.9 Å². The lowest BCUT2D eigenvalue weighted by Crippen LogP contribution is -2.72. The van der Waals surface area contributed by atoms with Gasteiger partial charge in [0.05, 0.1) is 6.04 Å². The van der Waals surface area contributed by atoms with Crippen molar-refractivity contribution in [3.63, 3.8) is 0 Å². The Labute approximate surface area is 348 Å². The summed E-state index contributed by atoms with van der Waals surface area (Å²) in [6.07, 6.45) is -0.108. The Kier molecular flexibility index (Phi) is 11.1. The molecule has 0 spiro atoms. The van der Waals surface area contributed by atoms with Crippen LogP contribution in [0.1, 0.15) is 52.5 Å². The number of ether oxygens (including phenoxy) is 1. The molecular weight excluding hydrogens is 793 g/mol. The van der Waals surface area contributed by atoms with E-state index in [2.05, 4.69) is 15.5 Å². The van der Waals surface area contributed by atoms with E-state index in [-0.39, 0.29) is 38.0 Å². The molecule has 1 fully saturated rings. The summed E-state index contributed by atoms with van der Waals surface area (Å²) < 4.78 is 6.20. The van der Waals surface area contributed by atoms with Gasteiger partial charge in [0, 0.05) is 21.7 Å². The van der Waals surface area contributed by atoms with Crippen molar-refractivity contribution in [2.24, 2.45) is 5.16 Å². The molecule has 0 radical (unpaired) electrons. The lowest BCUT2D eigenvalue weighted by atomic mass is 9.80. The lowest BCUT2D eigenvalue weighted by Gasteiger charge is -2.49. The molecular formula is C45H35Cl2N5O5S.